The molecule has 3 aromatic heterocycles. The van der Waals surface area contributed by atoms with Gasteiger partial charge in [-0.2, -0.15) is 0 Å². The number of nitrogens with one attached hydrogen (secondary N) is 1. The number of rotatable bonds is 6. The van der Waals surface area contributed by atoms with Gasteiger partial charge in [0.25, 0.3) is 5.91 Å². The topological polar surface area (TPSA) is 45.5 Å². The SMILES string of the molecule is CCc1cc([C@@H](c2cccs2)N2CCC(C)CC2)c(NC(=O)c2ccco2)s1. The Bertz CT molecular complexity index is 891. The quantitative estimate of drug-likeness (QED) is 0.535. The standard InChI is InChI=1S/C22H26N2O2S2/c1-3-16-14-17(22(28-16)23-21(25)18-6-4-12-26-18)20(19-7-5-13-27-19)24-10-8-15(2)9-11-24/h4-7,12-15,20H,3,8-11H2,1-2H3,(H,23,25)/t20-/m0/s1. The van der Waals surface area contributed by atoms with Crippen molar-refractivity contribution in [2.45, 2.75) is 39.2 Å². The normalized spacial score (nSPS) is 16.9. The first kappa shape index (κ1) is 19.4. The molecule has 28 heavy (non-hydrogen) atoms. The van der Waals surface area contributed by atoms with E-state index in [9.17, 15) is 4.79 Å². The van der Waals surface area contributed by atoms with Gasteiger partial charge >= 0.3 is 0 Å². The van der Waals surface area contributed by atoms with Crippen LogP contribution in [0.2, 0.25) is 0 Å². The molecule has 1 N–H and O–H groups in total. The zero-order valence-corrected chi connectivity index (χ0v) is 17.9. The molecule has 1 aliphatic heterocycles. The summed E-state index contributed by atoms with van der Waals surface area (Å²) < 4.78 is 5.29. The second-order valence-electron chi connectivity index (χ2n) is 7.42. The van der Waals surface area contributed by atoms with E-state index in [0.29, 0.717) is 5.76 Å². The second-order valence-corrected chi connectivity index (χ2v) is 9.53. The summed E-state index contributed by atoms with van der Waals surface area (Å²) in [5, 5.41) is 6.20. The summed E-state index contributed by atoms with van der Waals surface area (Å²) in [5.74, 6) is 0.942. The molecule has 0 unspecified atom stereocenters. The van der Waals surface area contributed by atoms with Crippen LogP contribution >= 0.6 is 22.7 Å². The van der Waals surface area contributed by atoms with Crippen molar-refractivity contribution in [1.82, 2.24) is 4.90 Å². The molecule has 148 valence electrons. The van der Waals surface area contributed by atoms with Crippen molar-refractivity contribution in [1.29, 1.82) is 0 Å². The molecule has 1 fully saturated rings. The lowest BCUT2D eigenvalue weighted by molar-refractivity contribution is 0.0996. The Kier molecular flexibility index (Phi) is 5.99. The first-order valence-corrected chi connectivity index (χ1v) is 11.6. The number of thiophene rings is 2. The summed E-state index contributed by atoms with van der Waals surface area (Å²) in [6.45, 7) is 6.68. The maximum atomic E-state index is 12.6. The van der Waals surface area contributed by atoms with Crippen LogP contribution in [0.25, 0.3) is 0 Å². The van der Waals surface area contributed by atoms with Gasteiger partial charge in [0.1, 0.15) is 5.00 Å². The van der Waals surface area contributed by atoms with Gasteiger partial charge in [-0.25, -0.2) is 0 Å². The number of furan rings is 1. The van der Waals surface area contributed by atoms with Gasteiger partial charge in [-0.1, -0.05) is 19.9 Å². The Morgan fingerprint density at radius 3 is 2.79 bits per heavy atom. The minimum absolute atomic E-state index is 0.187. The Morgan fingerprint density at radius 1 is 1.32 bits per heavy atom. The van der Waals surface area contributed by atoms with Crippen LogP contribution in [0.1, 0.15) is 58.6 Å². The molecule has 6 heteroatoms. The summed E-state index contributed by atoms with van der Waals surface area (Å²) in [6, 6.07) is 10.3. The van der Waals surface area contributed by atoms with Gasteiger partial charge in [0.05, 0.1) is 12.3 Å². The Labute approximate surface area is 174 Å². The first-order valence-electron chi connectivity index (χ1n) is 9.90. The molecule has 0 aromatic carbocycles. The maximum absolute atomic E-state index is 12.6. The first-order chi connectivity index (χ1) is 13.7. The third kappa shape index (κ3) is 4.09. The van der Waals surface area contributed by atoms with Crippen molar-refractivity contribution >= 4 is 33.6 Å². The smallest absolute Gasteiger partial charge is 0.291 e. The number of aryl methyl sites for hydroxylation is 1. The van der Waals surface area contributed by atoms with Gasteiger partial charge in [-0.3, -0.25) is 9.69 Å². The van der Waals surface area contributed by atoms with E-state index in [1.165, 1.54) is 34.4 Å². The largest absolute Gasteiger partial charge is 0.459 e. The molecule has 0 bridgehead atoms. The van der Waals surface area contributed by atoms with Crippen LogP contribution in [0.15, 0.2) is 46.4 Å². The number of nitrogens with zero attached hydrogens (tertiary/aromatic N) is 1. The molecule has 3 aromatic rings. The third-order valence-corrected chi connectivity index (χ3v) is 7.56. The minimum atomic E-state index is -0.187. The van der Waals surface area contributed by atoms with Gasteiger partial charge in [-0.05, 0) is 67.9 Å². The molecule has 0 aliphatic carbocycles. The lowest BCUT2D eigenvalue weighted by Gasteiger charge is -2.36. The van der Waals surface area contributed by atoms with Crippen LogP contribution in [0, 0.1) is 5.92 Å². The van der Waals surface area contributed by atoms with Crippen molar-refractivity contribution < 1.29 is 9.21 Å². The number of carbonyl (C=O) groups excluding carboxylic acids is 1. The fourth-order valence-electron chi connectivity index (χ4n) is 3.77. The van der Waals surface area contributed by atoms with E-state index in [2.05, 4.69) is 47.6 Å². The highest BCUT2D eigenvalue weighted by Crippen LogP contribution is 2.42. The van der Waals surface area contributed by atoms with E-state index in [1.807, 2.05) is 0 Å². The van der Waals surface area contributed by atoms with Crippen LogP contribution < -0.4 is 5.32 Å². The average Bonchev–Trinajstić information content (AvgIpc) is 3.46. The molecule has 1 atom stereocenters. The number of hydrogen-bond acceptors (Lipinski definition) is 5. The monoisotopic (exact) mass is 414 g/mol. The molecule has 0 saturated carbocycles. The number of hydrogen-bond donors (Lipinski definition) is 1. The molecule has 4 nitrogen and oxygen atoms in total. The minimum Gasteiger partial charge on any atom is -0.459 e. The number of likely N-dealkylation sites (tertiary alicyclic amines) is 1. The van der Waals surface area contributed by atoms with Gasteiger partial charge in [0.2, 0.25) is 0 Å². The highest BCUT2D eigenvalue weighted by molar-refractivity contribution is 7.16. The van der Waals surface area contributed by atoms with Crippen LogP contribution in [0.4, 0.5) is 5.00 Å². The number of anilines is 1. The van der Waals surface area contributed by atoms with E-state index in [4.69, 9.17) is 4.42 Å². The summed E-state index contributed by atoms with van der Waals surface area (Å²) >= 11 is 3.47. The van der Waals surface area contributed by atoms with Gasteiger partial charge in [-0.15, -0.1) is 22.7 Å². The molecule has 0 radical (unpaired) electrons. The summed E-state index contributed by atoms with van der Waals surface area (Å²) in [6.07, 6.45) is 4.94. The fraction of sp³-hybridized carbons (Fsp3) is 0.409. The zero-order chi connectivity index (χ0) is 19.5. The number of amides is 1. The molecule has 1 aliphatic rings. The van der Waals surface area contributed by atoms with Crippen molar-refractivity contribution in [3.05, 3.63) is 63.1 Å². The molecule has 1 saturated heterocycles. The fourth-order valence-corrected chi connectivity index (χ4v) is 5.67. The average molecular weight is 415 g/mol. The highest BCUT2D eigenvalue weighted by Gasteiger charge is 2.30. The molecule has 4 rings (SSSR count). The lowest BCUT2D eigenvalue weighted by atomic mass is 9.95. The third-order valence-electron chi connectivity index (χ3n) is 5.42. The maximum Gasteiger partial charge on any atom is 0.291 e. The Morgan fingerprint density at radius 2 is 2.14 bits per heavy atom. The summed E-state index contributed by atoms with van der Waals surface area (Å²) in [7, 11) is 0. The van der Waals surface area contributed by atoms with Gasteiger partial charge in [0.15, 0.2) is 5.76 Å². The van der Waals surface area contributed by atoms with Crippen LogP contribution in [-0.2, 0) is 6.42 Å². The zero-order valence-electron chi connectivity index (χ0n) is 16.3. The molecule has 1 amide bonds. The van der Waals surface area contributed by atoms with Crippen LogP contribution in [-0.4, -0.2) is 23.9 Å². The van der Waals surface area contributed by atoms with Crippen molar-refractivity contribution in [2.24, 2.45) is 5.92 Å². The van der Waals surface area contributed by atoms with E-state index in [1.54, 1.807) is 34.8 Å². The second kappa shape index (κ2) is 8.64. The van der Waals surface area contributed by atoms with Gasteiger partial charge < -0.3 is 9.73 Å². The number of piperidine rings is 1. The van der Waals surface area contributed by atoms with E-state index < -0.39 is 0 Å². The number of carbonyl (C=O) groups is 1. The molecule has 4 heterocycles. The van der Waals surface area contributed by atoms with E-state index in [0.717, 1.165) is 30.4 Å². The summed E-state index contributed by atoms with van der Waals surface area (Å²) in [5.41, 5.74) is 1.21. The lowest BCUT2D eigenvalue weighted by Crippen LogP contribution is -2.36. The Balaban J connectivity index is 1.69. The van der Waals surface area contributed by atoms with E-state index >= 15 is 0 Å². The van der Waals surface area contributed by atoms with E-state index in [-0.39, 0.29) is 11.9 Å². The Hall–Kier alpha value is -1.89. The predicted molar refractivity (Wildman–Crippen MR) is 116 cm³/mol. The molecular formula is C22H26N2O2S2. The highest BCUT2D eigenvalue weighted by atomic mass is 32.1. The van der Waals surface area contributed by atoms with Crippen LogP contribution in [0.5, 0.6) is 0 Å². The van der Waals surface area contributed by atoms with Crippen molar-refractivity contribution in [3.8, 4) is 0 Å². The van der Waals surface area contributed by atoms with Crippen LogP contribution in [0.3, 0.4) is 0 Å². The van der Waals surface area contributed by atoms with Crippen molar-refractivity contribution in [2.75, 3.05) is 18.4 Å². The predicted octanol–water partition coefficient (Wildman–Crippen LogP) is 6.04. The summed E-state index contributed by atoms with van der Waals surface area (Å²) in [4.78, 5) is 17.8. The van der Waals surface area contributed by atoms with Gasteiger partial charge in [0, 0.05) is 15.3 Å². The van der Waals surface area contributed by atoms with Crippen molar-refractivity contribution in [3.63, 3.8) is 0 Å². The molecular weight excluding hydrogens is 388 g/mol. The molecule has 0 spiro atoms.